The van der Waals surface area contributed by atoms with E-state index in [0.717, 1.165) is 11.0 Å². The van der Waals surface area contributed by atoms with Crippen molar-refractivity contribution in [2.75, 3.05) is 5.75 Å². The first-order valence-corrected chi connectivity index (χ1v) is 8.86. The Bertz CT molecular complexity index is 606. The van der Waals surface area contributed by atoms with Gasteiger partial charge in [-0.25, -0.2) is 0 Å². The molecule has 0 N–H and O–H groups in total. The molecule has 1 fully saturated rings. The molecule has 0 spiro atoms. The van der Waals surface area contributed by atoms with Gasteiger partial charge >= 0.3 is 7.12 Å². The van der Waals surface area contributed by atoms with Crippen LogP contribution in [0.1, 0.15) is 45.7 Å². The summed E-state index contributed by atoms with van der Waals surface area (Å²) in [6.45, 7) is 11.8. The van der Waals surface area contributed by atoms with Crippen LogP contribution in [0.3, 0.4) is 0 Å². The van der Waals surface area contributed by atoms with Gasteiger partial charge in [0, 0.05) is 12.7 Å². The first kappa shape index (κ1) is 18.3. The lowest BCUT2D eigenvalue weighted by molar-refractivity contribution is -0.109. The number of carbonyl (C=O) groups is 1. The Kier molecular flexibility index (Phi) is 5.44. The van der Waals surface area contributed by atoms with Crippen LogP contribution in [0.2, 0.25) is 0 Å². The molecule has 0 unspecified atom stereocenters. The Morgan fingerprint density at radius 2 is 1.74 bits per heavy atom. The van der Waals surface area contributed by atoms with Crippen molar-refractivity contribution in [3.8, 4) is 0 Å². The summed E-state index contributed by atoms with van der Waals surface area (Å²) in [5.74, 6) is 0.570. The quantitative estimate of drug-likeness (QED) is 0.771. The fraction of sp³-hybridized carbons (Fsp3) is 0.500. The predicted octanol–water partition coefficient (Wildman–Crippen LogP) is 4.29. The molecule has 124 valence electrons. The van der Waals surface area contributed by atoms with Crippen LogP contribution < -0.4 is 0 Å². The zero-order chi connectivity index (χ0) is 17.3. The van der Waals surface area contributed by atoms with E-state index in [9.17, 15) is 4.79 Å². The minimum Gasteiger partial charge on any atom is -0.400 e. The molecule has 2 rings (SSSR count). The van der Waals surface area contributed by atoms with E-state index in [4.69, 9.17) is 9.31 Å². The number of thioether (sulfide) groups is 1. The summed E-state index contributed by atoms with van der Waals surface area (Å²) in [5, 5.41) is 0.0946. The van der Waals surface area contributed by atoms with Gasteiger partial charge in [0.25, 0.3) is 0 Å². The van der Waals surface area contributed by atoms with Crippen molar-refractivity contribution in [3.05, 3.63) is 40.9 Å². The summed E-state index contributed by atoms with van der Waals surface area (Å²) in [6.07, 6.45) is 2.09. The average Bonchev–Trinajstić information content (AvgIpc) is 2.65. The Morgan fingerprint density at radius 3 is 2.26 bits per heavy atom. The highest BCUT2D eigenvalue weighted by Gasteiger charge is 2.52. The standard InChI is InChI=1S/C18H25BO3S/c1-13-9-7-8-10-15(13)11-16(12-23-14(2)20)19-21-17(3,4)18(5,6)22-19/h7-11H,12H2,1-6H3. The summed E-state index contributed by atoms with van der Waals surface area (Å²) in [7, 11) is -0.425. The molecule has 0 aliphatic carbocycles. The van der Waals surface area contributed by atoms with Crippen molar-refractivity contribution in [1.29, 1.82) is 0 Å². The number of rotatable bonds is 4. The van der Waals surface area contributed by atoms with Crippen LogP contribution in [0.15, 0.2) is 29.7 Å². The van der Waals surface area contributed by atoms with Gasteiger partial charge in [0.05, 0.1) is 11.2 Å². The molecule has 1 aromatic carbocycles. The van der Waals surface area contributed by atoms with E-state index in [-0.39, 0.29) is 16.3 Å². The number of hydrogen-bond acceptors (Lipinski definition) is 4. The molecule has 0 radical (unpaired) electrons. The maximum atomic E-state index is 11.4. The summed E-state index contributed by atoms with van der Waals surface area (Å²) in [5.41, 5.74) is 2.53. The smallest absolute Gasteiger partial charge is 0.400 e. The van der Waals surface area contributed by atoms with Gasteiger partial charge in [0.15, 0.2) is 5.12 Å². The van der Waals surface area contributed by atoms with Crippen LogP contribution in [0, 0.1) is 6.92 Å². The van der Waals surface area contributed by atoms with Crippen molar-refractivity contribution in [2.45, 2.75) is 52.7 Å². The maximum absolute atomic E-state index is 11.4. The number of hydrogen-bond donors (Lipinski definition) is 0. The van der Waals surface area contributed by atoms with E-state index >= 15 is 0 Å². The highest BCUT2D eigenvalue weighted by Crippen LogP contribution is 2.39. The third kappa shape index (κ3) is 4.28. The highest BCUT2D eigenvalue weighted by molar-refractivity contribution is 8.13. The molecule has 0 bridgehead atoms. The van der Waals surface area contributed by atoms with Crippen LogP contribution in [-0.4, -0.2) is 29.2 Å². The summed E-state index contributed by atoms with van der Waals surface area (Å²) < 4.78 is 12.3. The molecule has 3 nitrogen and oxygen atoms in total. The molecular weight excluding hydrogens is 307 g/mol. The first-order valence-electron chi connectivity index (χ1n) is 7.87. The van der Waals surface area contributed by atoms with E-state index in [1.165, 1.54) is 17.3 Å². The lowest BCUT2D eigenvalue weighted by atomic mass is 9.78. The highest BCUT2D eigenvalue weighted by atomic mass is 32.2. The van der Waals surface area contributed by atoms with Crippen LogP contribution in [0.5, 0.6) is 0 Å². The van der Waals surface area contributed by atoms with Crippen LogP contribution in [-0.2, 0) is 14.1 Å². The van der Waals surface area contributed by atoms with Crippen molar-refractivity contribution >= 4 is 30.1 Å². The van der Waals surface area contributed by atoms with E-state index in [1.54, 1.807) is 6.92 Å². The van der Waals surface area contributed by atoms with Crippen molar-refractivity contribution in [1.82, 2.24) is 0 Å². The third-order valence-electron chi connectivity index (χ3n) is 4.53. The Morgan fingerprint density at radius 1 is 1.17 bits per heavy atom. The summed E-state index contributed by atoms with van der Waals surface area (Å²) in [4.78, 5) is 11.4. The third-order valence-corrected chi connectivity index (χ3v) is 5.41. The molecule has 1 aromatic rings. The number of benzene rings is 1. The molecule has 0 saturated carbocycles. The van der Waals surface area contributed by atoms with E-state index in [2.05, 4.69) is 25.1 Å². The van der Waals surface area contributed by atoms with Gasteiger partial charge in [-0.2, -0.15) is 0 Å². The molecular formula is C18H25BO3S. The Labute approximate surface area is 144 Å². The second kappa shape index (κ2) is 6.84. The van der Waals surface area contributed by atoms with Gasteiger partial charge in [0.1, 0.15) is 0 Å². The fourth-order valence-corrected chi connectivity index (χ4v) is 2.89. The Balaban J connectivity index is 2.32. The van der Waals surface area contributed by atoms with Gasteiger partial charge in [-0.1, -0.05) is 42.1 Å². The zero-order valence-electron chi connectivity index (χ0n) is 14.8. The lowest BCUT2D eigenvalue weighted by Crippen LogP contribution is -2.41. The van der Waals surface area contributed by atoms with E-state index in [0.29, 0.717) is 5.75 Å². The van der Waals surface area contributed by atoms with Gasteiger partial charge in [-0.05, 0) is 51.2 Å². The molecule has 0 aromatic heterocycles. The number of carbonyl (C=O) groups excluding carboxylic acids is 1. The zero-order valence-corrected chi connectivity index (χ0v) is 15.6. The first-order chi connectivity index (χ1) is 10.6. The largest absolute Gasteiger partial charge is 0.491 e. The summed E-state index contributed by atoms with van der Waals surface area (Å²) >= 11 is 1.28. The van der Waals surface area contributed by atoms with Crippen LogP contribution in [0.25, 0.3) is 6.08 Å². The van der Waals surface area contributed by atoms with Crippen molar-refractivity contribution in [2.24, 2.45) is 0 Å². The molecule has 1 heterocycles. The monoisotopic (exact) mass is 332 g/mol. The molecule has 1 saturated heterocycles. The van der Waals surface area contributed by atoms with Gasteiger partial charge in [-0.15, -0.1) is 0 Å². The van der Waals surface area contributed by atoms with E-state index < -0.39 is 7.12 Å². The topological polar surface area (TPSA) is 35.5 Å². The minimum atomic E-state index is -0.425. The normalized spacial score (nSPS) is 19.9. The van der Waals surface area contributed by atoms with Crippen LogP contribution >= 0.6 is 11.8 Å². The fourth-order valence-electron chi connectivity index (χ4n) is 2.31. The van der Waals surface area contributed by atoms with Gasteiger partial charge < -0.3 is 9.31 Å². The van der Waals surface area contributed by atoms with Crippen LogP contribution in [0.4, 0.5) is 0 Å². The minimum absolute atomic E-state index is 0.0946. The lowest BCUT2D eigenvalue weighted by Gasteiger charge is -2.32. The summed E-state index contributed by atoms with van der Waals surface area (Å²) in [6, 6.07) is 8.18. The van der Waals surface area contributed by atoms with E-state index in [1.807, 2.05) is 39.8 Å². The SMILES string of the molecule is CC(=O)SCC(=Cc1ccccc1C)B1OC(C)(C)C(C)(C)O1. The second-order valence-electron chi connectivity index (χ2n) is 6.94. The second-order valence-corrected chi connectivity index (χ2v) is 8.10. The average molecular weight is 332 g/mol. The Hall–Kier alpha value is -1.04. The van der Waals surface area contributed by atoms with Gasteiger partial charge in [-0.3, -0.25) is 4.79 Å². The predicted molar refractivity (Wildman–Crippen MR) is 98.4 cm³/mol. The molecule has 0 atom stereocenters. The van der Waals surface area contributed by atoms with Crippen molar-refractivity contribution in [3.63, 3.8) is 0 Å². The molecule has 5 heteroatoms. The van der Waals surface area contributed by atoms with Gasteiger partial charge in [0.2, 0.25) is 0 Å². The number of aryl methyl sites for hydroxylation is 1. The molecule has 1 aliphatic rings. The van der Waals surface area contributed by atoms with Crippen molar-refractivity contribution < 1.29 is 14.1 Å². The molecule has 1 aliphatic heterocycles. The maximum Gasteiger partial charge on any atom is 0.491 e. The molecule has 0 amide bonds. The molecule has 23 heavy (non-hydrogen) atoms.